The van der Waals surface area contributed by atoms with Crippen LogP contribution in [0.4, 0.5) is 0 Å². The molecule has 3 aromatic carbocycles. The van der Waals surface area contributed by atoms with Crippen molar-refractivity contribution in [3.63, 3.8) is 0 Å². The van der Waals surface area contributed by atoms with E-state index in [0.717, 1.165) is 16.6 Å². The van der Waals surface area contributed by atoms with Gasteiger partial charge in [0.1, 0.15) is 16.8 Å². The third-order valence-electron chi connectivity index (χ3n) is 4.91. The van der Waals surface area contributed by atoms with Crippen molar-refractivity contribution in [1.82, 2.24) is 9.97 Å². The summed E-state index contributed by atoms with van der Waals surface area (Å²) in [6, 6.07) is 19.3. The number of benzene rings is 3. The Labute approximate surface area is 205 Å². The number of rotatable bonds is 7. The molecule has 1 aromatic heterocycles. The molecule has 7 nitrogen and oxygen atoms in total. The minimum absolute atomic E-state index is 0.0295. The molecule has 0 saturated heterocycles. The number of ether oxygens (including phenoxy) is 1. The maximum Gasteiger partial charge on any atom is 0.339 e. The average molecular weight is 538 g/mol. The lowest BCUT2D eigenvalue weighted by molar-refractivity contribution is 0.327. The molecule has 0 unspecified atom stereocenters. The third kappa shape index (κ3) is 4.98. The lowest BCUT2D eigenvalue weighted by Crippen LogP contribution is -2.11. The van der Waals surface area contributed by atoms with Crippen molar-refractivity contribution in [2.24, 2.45) is 0 Å². The highest BCUT2D eigenvalue weighted by atomic mass is 79.9. The van der Waals surface area contributed by atoms with Gasteiger partial charge < -0.3 is 13.9 Å². The lowest BCUT2D eigenvalue weighted by atomic mass is 10.1. The van der Waals surface area contributed by atoms with Crippen molar-refractivity contribution in [1.29, 1.82) is 5.26 Å². The first-order valence-electron chi connectivity index (χ1n) is 10.3. The van der Waals surface area contributed by atoms with E-state index in [1.165, 1.54) is 12.1 Å². The van der Waals surface area contributed by atoms with E-state index in [-0.39, 0.29) is 23.0 Å². The van der Waals surface area contributed by atoms with E-state index < -0.39 is 10.1 Å². The summed E-state index contributed by atoms with van der Waals surface area (Å²) in [7, 11) is -4.08. The number of hydrogen-bond donors (Lipinski definition) is 1. The van der Waals surface area contributed by atoms with Crippen LogP contribution >= 0.6 is 15.9 Å². The predicted octanol–water partition coefficient (Wildman–Crippen LogP) is 5.86. The van der Waals surface area contributed by atoms with E-state index in [0.29, 0.717) is 21.4 Å². The molecule has 0 fully saturated rings. The second-order valence-electron chi connectivity index (χ2n) is 7.39. The Balaban J connectivity index is 1.73. The van der Waals surface area contributed by atoms with Crippen LogP contribution in [0.15, 0.2) is 70.0 Å². The lowest BCUT2D eigenvalue weighted by Gasteiger charge is -2.14. The molecule has 4 rings (SSSR count). The summed E-state index contributed by atoms with van der Waals surface area (Å²) in [6.45, 7) is 3.94. The fourth-order valence-corrected chi connectivity index (χ4v) is 4.88. The molecule has 172 valence electrons. The van der Waals surface area contributed by atoms with E-state index in [1.807, 2.05) is 31.2 Å². The van der Waals surface area contributed by atoms with E-state index in [1.54, 1.807) is 37.3 Å². The predicted molar refractivity (Wildman–Crippen MR) is 134 cm³/mol. The monoisotopic (exact) mass is 537 g/mol. The molecule has 0 saturated carbocycles. The first-order chi connectivity index (χ1) is 16.3. The summed E-state index contributed by atoms with van der Waals surface area (Å²) in [5.41, 5.74) is 3.42. The normalized spacial score (nSPS) is 11.9. The zero-order valence-corrected chi connectivity index (χ0v) is 20.8. The fraction of sp³-hybridized carbons (Fsp3) is 0.120. The molecule has 0 aliphatic rings. The molecule has 1 N–H and O–H groups in total. The van der Waals surface area contributed by atoms with Crippen LogP contribution < -0.4 is 8.92 Å². The molecule has 1 heterocycles. The van der Waals surface area contributed by atoms with Gasteiger partial charge in [0.25, 0.3) is 0 Å². The number of allylic oxidation sites excluding steroid dienone is 1. The second kappa shape index (κ2) is 9.71. The van der Waals surface area contributed by atoms with Crippen LogP contribution in [-0.2, 0) is 10.1 Å². The molecule has 0 aliphatic heterocycles. The van der Waals surface area contributed by atoms with Gasteiger partial charge in [0, 0.05) is 0 Å². The minimum Gasteiger partial charge on any atom is -0.490 e. The number of halogens is 1. The van der Waals surface area contributed by atoms with E-state index >= 15 is 0 Å². The highest BCUT2D eigenvalue weighted by molar-refractivity contribution is 9.10. The molecule has 4 aromatic rings. The van der Waals surface area contributed by atoms with Crippen molar-refractivity contribution >= 4 is 48.7 Å². The maximum atomic E-state index is 12.8. The summed E-state index contributed by atoms with van der Waals surface area (Å²) in [5, 5.41) is 9.74. The molecular formula is C25H20BrN3O4S. The molecule has 9 heteroatoms. The van der Waals surface area contributed by atoms with Crippen LogP contribution in [0.5, 0.6) is 11.5 Å². The number of aromatic amines is 1. The molecule has 0 bridgehead atoms. The van der Waals surface area contributed by atoms with E-state index in [9.17, 15) is 13.7 Å². The molecule has 0 aliphatic carbocycles. The topological polar surface area (TPSA) is 105 Å². The van der Waals surface area contributed by atoms with Crippen molar-refractivity contribution in [2.75, 3.05) is 6.61 Å². The van der Waals surface area contributed by atoms with Crippen molar-refractivity contribution < 1.29 is 17.3 Å². The molecular weight excluding hydrogens is 518 g/mol. The Morgan fingerprint density at radius 3 is 2.59 bits per heavy atom. The molecule has 0 atom stereocenters. The van der Waals surface area contributed by atoms with Gasteiger partial charge in [-0.25, -0.2) is 4.98 Å². The number of aryl methyl sites for hydroxylation is 1. The smallest absolute Gasteiger partial charge is 0.339 e. The Morgan fingerprint density at radius 1 is 1.18 bits per heavy atom. The first kappa shape index (κ1) is 23.5. The zero-order chi connectivity index (χ0) is 24.3. The quantitative estimate of drug-likeness (QED) is 0.233. The van der Waals surface area contributed by atoms with Crippen molar-refractivity contribution in [3.05, 3.63) is 82.1 Å². The van der Waals surface area contributed by atoms with Gasteiger partial charge in [0.2, 0.25) is 0 Å². The summed E-state index contributed by atoms with van der Waals surface area (Å²) in [4.78, 5) is 7.65. The van der Waals surface area contributed by atoms with E-state index in [2.05, 4.69) is 32.0 Å². The van der Waals surface area contributed by atoms with Gasteiger partial charge in [-0.15, -0.1) is 0 Å². The average Bonchev–Trinajstić information content (AvgIpc) is 3.24. The standard InChI is InChI=1S/C25H20BrN3O4S/c1-3-32-23-14-17(12-18(15-27)25-28-21-6-4-5-7-22(21)29-25)13-20(26)24(23)33-34(30,31)19-10-8-16(2)9-11-19/h4-14H,3H2,1-2H3,(H,28,29)/b18-12+. The van der Waals surface area contributed by atoms with Crippen molar-refractivity contribution in [2.45, 2.75) is 18.7 Å². The molecule has 0 amide bonds. The summed E-state index contributed by atoms with van der Waals surface area (Å²) < 4.78 is 37.2. The second-order valence-corrected chi connectivity index (χ2v) is 9.79. The van der Waals surface area contributed by atoms with E-state index in [4.69, 9.17) is 8.92 Å². The van der Waals surface area contributed by atoms with Gasteiger partial charge in [0.05, 0.1) is 27.7 Å². The number of hydrogen-bond acceptors (Lipinski definition) is 6. The highest BCUT2D eigenvalue weighted by Crippen LogP contribution is 2.39. The molecule has 0 radical (unpaired) electrons. The van der Waals surface area contributed by atoms with Crippen LogP contribution in [0.2, 0.25) is 0 Å². The molecule has 0 spiro atoms. The Bertz CT molecular complexity index is 1500. The van der Waals surface area contributed by atoms with Gasteiger partial charge in [-0.1, -0.05) is 29.8 Å². The number of fused-ring (bicyclic) bond motifs is 1. The summed E-state index contributed by atoms with van der Waals surface area (Å²) >= 11 is 3.40. The van der Waals surface area contributed by atoms with Crippen molar-refractivity contribution in [3.8, 4) is 17.6 Å². The van der Waals surface area contributed by atoms with Gasteiger partial charge in [-0.3, -0.25) is 0 Å². The SMILES string of the molecule is CCOc1cc(/C=C(\C#N)c2nc3ccccc3[nH]2)cc(Br)c1OS(=O)(=O)c1ccc(C)cc1. The van der Waals surface area contributed by atoms with Crippen LogP contribution in [0.3, 0.4) is 0 Å². The summed E-state index contributed by atoms with van der Waals surface area (Å²) in [5.74, 6) is 0.683. The zero-order valence-electron chi connectivity index (χ0n) is 18.4. The van der Waals surface area contributed by atoms with Gasteiger partial charge in [0.15, 0.2) is 11.5 Å². The maximum absolute atomic E-state index is 12.8. The Hall–Kier alpha value is -3.61. The number of para-hydroxylation sites is 2. The number of imidazole rings is 1. The Kier molecular flexibility index (Phi) is 6.72. The van der Waals surface area contributed by atoms with Crippen LogP contribution in [-0.4, -0.2) is 25.0 Å². The van der Waals surface area contributed by atoms with Crippen LogP contribution in [0.25, 0.3) is 22.7 Å². The number of H-pyrrole nitrogens is 1. The third-order valence-corrected chi connectivity index (χ3v) is 6.73. The highest BCUT2D eigenvalue weighted by Gasteiger charge is 2.22. The first-order valence-corrected chi connectivity index (χ1v) is 12.5. The largest absolute Gasteiger partial charge is 0.490 e. The van der Waals surface area contributed by atoms with Gasteiger partial charge >= 0.3 is 10.1 Å². The number of nitriles is 1. The number of aromatic nitrogens is 2. The van der Waals surface area contributed by atoms with Gasteiger partial charge in [-0.05, 0) is 77.8 Å². The van der Waals surface area contributed by atoms with Crippen LogP contribution in [0, 0.1) is 18.3 Å². The fourth-order valence-electron chi connectivity index (χ4n) is 3.28. The minimum atomic E-state index is -4.08. The number of nitrogens with one attached hydrogen (secondary N) is 1. The summed E-state index contributed by atoms with van der Waals surface area (Å²) in [6.07, 6.45) is 1.64. The molecule has 34 heavy (non-hydrogen) atoms. The Morgan fingerprint density at radius 2 is 1.91 bits per heavy atom. The van der Waals surface area contributed by atoms with Gasteiger partial charge in [-0.2, -0.15) is 13.7 Å². The number of nitrogens with zero attached hydrogens (tertiary/aromatic N) is 2. The van der Waals surface area contributed by atoms with Crippen LogP contribution in [0.1, 0.15) is 23.9 Å².